The number of halogens is 4. The Bertz CT molecular complexity index is 758. The van der Waals surface area contributed by atoms with E-state index in [9.17, 15) is 13.2 Å². The van der Waals surface area contributed by atoms with Crippen LogP contribution in [0.5, 0.6) is 0 Å². The molecule has 2 aromatic rings. The molecule has 8 heteroatoms. The van der Waals surface area contributed by atoms with Gasteiger partial charge in [0.25, 0.3) is 0 Å². The monoisotopic (exact) mass is 402 g/mol. The fourth-order valence-electron chi connectivity index (χ4n) is 3.17. The fraction of sp³-hybridized carbons (Fsp3) is 0.389. The Hall–Kier alpha value is -1.73. The quantitative estimate of drug-likeness (QED) is 0.626. The zero-order valence-electron chi connectivity index (χ0n) is 13.9. The number of alkyl halides is 3. The molecular weight excluding hydrogens is 385 g/mol. The molecule has 0 unspecified atom stereocenters. The van der Waals surface area contributed by atoms with Crippen molar-refractivity contribution >= 4 is 34.6 Å². The molecule has 1 fully saturated rings. The molecule has 1 saturated carbocycles. The minimum absolute atomic E-state index is 0.282. The molecule has 140 valence electrons. The van der Waals surface area contributed by atoms with Gasteiger partial charge >= 0.3 is 6.18 Å². The first-order valence-corrected chi connectivity index (χ1v) is 9.10. The second-order valence-electron chi connectivity index (χ2n) is 6.27. The average molecular weight is 403 g/mol. The highest BCUT2D eigenvalue weighted by Gasteiger charge is 2.33. The van der Waals surface area contributed by atoms with Crippen LogP contribution >= 0.6 is 23.8 Å². The lowest BCUT2D eigenvalue weighted by Gasteiger charge is -2.31. The van der Waals surface area contributed by atoms with E-state index in [0.29, 0.717) is 17.3 Å². The van der Waals surface area contributed by atoms with E-state index in [2.05, 4.69) is 5.32 Å². The fourth-order valence-corrected chi connectivity index (χ4v) is 3.79. The molecule has 1 aromatic carbocycles. The van der Waals surface area contributed by atoms with E-state index < -0.39 is 11.7 Å². The van der Waals surface area contributed by atoms with Crippen molar-refractivity contribution in [2.24, 2.45) is 0 Å². The summed E-state index contributed by atoms with van der Waals surface area (Å²) in [4.78, 5) is 2.03. The molecule has 26 heavy (non-hydrogen) atoms. The van der Waals surface area contributed by atoms with Crippen molar-refractivity contribution in [1.29, 1.82) is 0 Å². The van der Waals surface area contributed by atoms with Crippen molar-refractivity contribution in [3.63, 3.8) is 0 Å². The molecule has 1 aliphatic rings. The molecule has 3 nitrogen and oxygen atoms in total. The molecule has 1 aromatic heterocycles. The summed E-state index contributed by atoms with van der Waals surface area (Å²) >= 11 is 11.3. The van der Waals surface area contributed by atoms with Gasteiger partial charge in [-0.05, 0) is 55.4 Å². The Labute approximate surface area is 160 Å². The van der Waals surface area contributed by atoms with Crippen LogP contribution in [0, 0.1) is 0 Å². The van der Waals surface area contributed by atoms with Gasteiger partial charge in [-0.1, -0.05) is 24.4 Å². The Kier molecular flexibility index (Phi) is 5.77. The maximum Gasteiger partial charge on any atom is 0.417 e. The van der Waals surface area contributed by atoms with E-state index >= 15 is 0 Å². The third-order valence-corrected chi connectivity index (χ3v) is 5.11. The van der Waals surface area contributed by atoms with Crippen LogP contribution in [0.1, 0.15) is 37.0 Å². The zero-order valence-corrected chi connectivity index (χ0v) is 15.4. The van der Waals surface area contributed by atoms with Crippen molar-refractivity contribution in [3.8, 4) is 0 Å². The SMILES string of the molecule is FC(F)(F)c1ccc(NC(=S)N(Cc2ccco2)C2CCCC2)cc1Cl. The van der Waals surface area contributed by atoms with Crippen molar-refractivity contribution in [2.75, 3.05) is 5.32 Å². The lowest BCUT2D eigenvalue weighted by Crippen LogP contribution is -2.40. The van der Waals surface area contributed by atoms with E-state index in [0.717, 1.165) is 37.5 Å². The third kappa shape index (κ3) is 4.51. The van der Waals surface area contributed by atoms with E-state index in [-0.39, 0.29) is 11.1 Å². The number of furan rings is 1. The van der Waals surface area contributed by atoms with Gasteiger partial charge in [-0.3, -0.25) is 0 Å². The Morgan fingerprint density at radius 2 is 2.00 bits per heavy atom. The second-order valence-corrected chi connectivity index (χ2v) is 7.06. The van der Waals surface area contributed by atoms with Crippen LogP contribution in [0.25, 0.3) is 0 Å². The van der Waals surface area contributed by atoms with Crippen LogP contribution in [0.15, 0.2) is 41.0 Å². The highest BCUT2D eigenvalue weighted by molar-refractivity contribution is 7.80. The predicted octanol–water partition coefficient (Wildman–Crippen LogP) is 6.09. The van der Waals surface area contributed by atoms with E-state index in [1.165, 1.54) is 12.1 Å². The van der Waals surface area contributed by atoms with Gasteiger partial charge in [-0.25, -0.2) is 0 Å². The summed E-state index contributed by atoms with van der Waals surface area (Å²) in [5.41, 5.74) is -0.436. The molecule has 0 radical (unpaired) electrons. The normalized spacial score (nSPS) is 15.2. The zero-order chi connectivity index (χ0) is 18.7. The number of thiocarbonyl (C=S) groups is 1. The first-order valence-electron chi connectivity index (χ1n) is 8.31. The summed E-state index contributed by atoms with van der Waals surface area (Å²) in [5, 5.41) is 3.11. The van der Waals surface area contributed by atoms with Crippen LogP contribution in [0.3, 0.4) is 0 Å². The first kappa shape index (κ1) is 19.0. The van der Waals surface area contributed by atoms with Crippen molar-refractivity contribution < 1.29 is 17.6 Å². The second kappa shape index (κ2) is 7.88. The number of hydrogen-bond acceptors (Lipinski definition) is 2. The average Bonchev–Trinajstić information content (AvgIpc) is 3.25. The summed E-state index contributed by atoms with van der Waals surface area (Å²) in [5.74, 6) is 0.784. The van der Waals surface area contributed by atoms with E-state index in [4.69, 9.17) is 28.2 Å². The Morgan fingerprint density at radius 3 is 2.58 bits per heavy atom. The largest absolute Gasteiger partial charge is 0.467 e. The van der Waals surface area contributed by atoms with Gasteiger partial charge in [0.15, 0.2) is 5.11 Å². The van der Waals surface area contributed by atoms with Crippen molar-refractivity contribution in [1.82, 2.24) is 4.90 Å². The van der Waals surface area contributed by atoms with Crippen LogP contribution < -0.4 is 5.32 Å². The molecule has 0 amide bonds. The molecule has 0 bridgehead atoms. The maximum atomic E-state index is 12.8. The highest BCUT2D eigenvalue weighted by atomic mass is 35.5. The third-order valence-electron chi connectivity index (χ3n) is 4.46. The first-order chi connectivity index (χ1) is 12.3. The van der Waals surface area contributed by atoms with Crippen molar-refractivity contribution in [2.45, 2.75) is 44.4 Å². The lowest BCUT2D eigenvalue weighted by molar-refractivity contribution is -0.137. The van der Waals surface area contributed by atoms with Crippen LogP contribution in [-0.4, -0.2) is 16.1 Å². The summed E-state index contributed by atoms with van der Waals surface area (Å²) in [7, 11) is 0. The number of benzene rings is 1. The van der Waals surface area contributed by atoms with Gasteiger partial charge in [0.05, 0.1) is 23.4 Å². The molecule has 0 saturated heterocycles. The number of anilines is 1. The lowest BCUT2D eigenvalue weighted by atomic mass is 10.2. The maximum absolute atomic E-state index is 12.8. The number of hydrogen-bond donors (Lipinski definition) is 1. The standard InChI is InChI=1S/C18H18ClF3N2OS/c19-16-10-12(7-8-15(16)18(20,21)22)23-17(26)24(13-4-1-2-5-13)11-14-6-3-9-25-14/h3,6-10,13H,1-2,4-5,11H2,(H,23,26). The number of nitrogens with one attached hydrogen (secondary N) is 1. The minimum Gasteiger partial charge on any atom is -0.467 e. The van der Waals surface area contributed by atoms with Gasteiger partial charge < -0.3 is 14.6 Å². The van der Waals surface area contributed by atoms with Crippen molar-refractivity contribution in [3.05, 3.63) is 52.9 Å². The molecule has 1 aliphatic carbocycles. The summed E-state index contributed by atoms with van der Waals surface area (Å²) in [6.45, 7) is 0.512. The van der Waals surface area contributed by atoms with Gasteiger partial charge in [0.1, 0.15) is 5.76 Å². The molecule has 0 atom stereocenters. The van der Waals surface area contributed by atoms with E-state index in [1.54, 1.807) is 6.26 Å². The number of rotatable bonds is 4. The Morgan fingerprint density at radius 1 is 1.27 bits per heavy atom. The highest BCUT2D eigenvalue weighted by Crippen LogP contribution is 2.36. The molecule has 0 spiro atoms. The summed E-state index contributed by atoms with van der Waals surface area (Å²) in [6.07, 6.45) is 1.44. The molecule has 1 N–H and O–H groups in total. The Balaban J connectivity index is 1.75. The summed E-state index contributed by atoms with van der Waals surface area (Å²) in [6, 6.07) is 7.51. The molecule has 3 rings (SSSR count). The van der Waals surface area contributed by atoms with Crippen LogP contribution in [0.4, 0.5) is 18.9 Å². The van der Waals surface area contributed by atoms with Gasteiger partial charge in [0, 0.05) is 11.7 Å². The minimum atomic E-state index is -4.48. The molecule has 0 aliphatic heterocycles. The predicted molar refractivity (Wildman–Crippen MR) is 99.2 cm³/mol. The number of nitrogens with zero attached hydrogens (tertiary/aromatic N) is 1. The molecule has 1 heterocycles. The van der Waals surface area contributed by atoms with Gasteiger partial charge in [-0.2, -0.15) is 13.2 Å². The molecular formula is C18H18ClF3N2OS. The van der Waals surface area contributed by atoms with Crippen LogP contribution in [-0.2, 0) is 12.7 Å². The smallest absolute Gasteiger partial charge is 0.417 e. The van der Waals surface area contributed by atoms with E-state index in [1.807, 2.05) is 17.0 Å². The van der Waals surface area contributed by atoms with Gasteiger partial charge in [0.2, 0.25) is 0 Å². The summed E-state index contributed by atoms with van der Waals surface area (Å²) < 4.78 is 43.9. The van der Waals surface area contributed by atoms with Gasteiger partial charge in [-0.15, -0.1) is 0 Å². The van der Waals surface area contributed by atoms with Crippen LogP contribution in [0.2, 0.25) is 5.02 Å². The topological polar surface area (TPSA) is 28.4 Å².